The van der Waals surface area contributed by atoms with Crippen molar-refractivity contribution in [3.8, 4) is 11.5 Å². The van der Waals surface area contributed by atoms with Gasteiger partial charge >= 0.3 is 0 Å². The molecule has 1 aromatic carbocycles. The number of benzene rings is 1. The quantitative estimate of drug-likeness (QED) is 0.810. The number of carbonyl (C=O) groups excluding carboxylic acids is 1. The molecule has 2 rings (SSSR count). The minimum absolute atomic E-state index is 0.117. The minimum atomic E-state index is -0.117. The Morgan fingerprint density at radius 2 is 1.96 bits per heavy atom. The highest BCUT2D eigenvalue weighted by Crippen LogP contribution is 2.28. The number of rotatable bonds is 8. The number of nitrogens with one attached hydrogen (secondary N) is 1. The van der Waals surface area contributed by atoms with Gasteiger partial charge in [-0.15, -0.1) is 0 Å². The number of aromatic nitrogens is 2. The molecule has 0 unspecified atom stereocenters. The predicted molar refractivity (Wildman–Crippen MR) is 88.0 cm³/mol. The molecule has 1 aromatic heterocycles. The van der Waals surface area contributed by atoms with Gasteiger partial charge in [0.25, 0.3) is 5.91 Å². The van der Waals surface area contributed by atoms with Crippen LogP contribution in [0, 0.1) is 0 Å². The largest absolute Gasteiger partial charge is 0.490 e. The Kier molecular flexibility index (Phi) is 6.02. The number of amides is 1. The molecule has 0 saturated carbocycles. The van der Waals surface area contributed by atoms with Crippen LogP contribution in [0.25, 0.3) is 0 Å². The van der Waals surface area contributed by atoms with Crippen LogP contribution in [-0.4, -0.2) is 35.4 Å². The zero-order valence-corrected chi connectivity index (χ0v) is 13.8. The number of ether oxygens (including phenoxy) is 2. The van der Waals surface area contributed by atoms with Gasteiger partial charge in [0, 0.05) is 19.8 Å². The van der Waals surface area contributed by atoms with E-state index in [-0.39, 0.29) is 5.91 Å². The monoisotopic (exact) mass is 317 g/mol. The molecule has 124 valence electrons. The molecular formula is C17H23N3O3. The first-order chi connectivity index (χ1) is 11.1. The Balaban J connectivity index is 1.92. The minimum Gasteiger partial charge on any atom is -0.490 e. The maximum atomic E-state index is 11.9. The van der Waals surface area contributed by atoms with Crippen LogP contribution in [0.1, 0.15) is 29.8 Å². The van der Waals surface area contributed by atoms with Crippen molar-refractivity contribution in [3.63, 3.8) is 0 Å². The van der Waals surface area contributed by atoms with Crippen LogP contribution in [0.15, 0.2) is 30.6 Å². The molecule has 0 fully saturated rings. The Morgan fingerprint density at radius 1 is 1.22 bits per heavy atom. The molecule has 0 saturated heterocycles. The average Bonchev–Trinajstić information content (AvgIpc) is 2.97. The van der Waals surface area contributed by atoms with Gasteiger partial charge in [-0.3, -0.25) is 9.48 Å². The molecule has 0 aliphatic rings. The van der Waals surface area contributed by atoms with E-state index in [0.717, 1.165) is 23.5 Å². The topological polar surface area (TPSA) is 65.4 Å². The van der Waals surface area contributed by atoms with Crippen molar-refractivity contribution < 1.29 is 14.3 Å². The number of aryl methyl sites for hydroxylation is 1. The Labute approximate surface area is 136 Å². The fourth-order valence-electron chi connectivity index (χ4n) is 2.21. The molecular weight excluding hydrogens is 294 g/mol. The summed E-state index contributed by atoms with van der Waals surface area (Å²) in [6, 6.07) is 5.86. The van der Waals surface area contributed by atoms with Crippen molar-refractivity contribution in [1.82, 2.24) is 15.1 Å². The lowest BCUT2D eigenvalue weighted by Gasteiger charge is -2.12. The van der Waals surface area contributed by atoms with E-state index in [2.05, 4.69) is 10.4 Å². The fourth-order valence-corrected chi connectivity index (χ4v) is 2.21. The van der Waals surface area contributed by atoms with Crippen molar-refractivity contribution >= 4 is 5.91 Å². The molecule has 0 aliphatic heterocycles. The summed E-state index contributed by atoms with van der Waals surface area (Å²) in [5.74, 6) is 1.37. The van der Waals surface area contributed by atoms with Crippen LogP contribution in [0.2, 0.25) is 0 Å². The second kappa shape index (κ2) is 8.22. The lowest BCUT2D eigenvalue weighted by atomic mass is 10.1. The lowest BCUT2D eigenvalue weighted by molar-refractivity contribution is 0.0954. The van der Waals surface area contributed by atoms with E-state index in [9.17, 15) is 4.79 Å². The second-order valence-corrected chi connectivity index (χ2v) is 5.06. The molecule has 0 atom stereocenters. The van der Waals surface area contributed by atoms with E-state index in [1.807, 2.05) is 32.0 Å². The molecule has 0 bridgehead atoms. The van der Waals surface area contributed by atoms with Crippen LogP contribution in [0.3, 0.4) is 0 Å². The molecule has 1 N–H and O–H groups in total. The van der Waals surface area contributed by atoms with Crippen LogP contribution in [0.5, 0.6) is 11.5 Å². The van der Waals surface area contributed by atoms with Crippen molar-refractivity contribution in [3.05, 3.63) is 41.7 Å². The van der Waals surface area contributed by atoms with Crippen LogP contribution in [-0.2, 0) is 13.5 Å². The van der Waals surface area contributed by atoms with Crippen molar-refractivity contribution in [1.29, 1.82) is 0 Å². The summed E-state index contributed by atoms with van der Waals surface area (Å²) in [5.41, 5.74) is 1.65. The summed E-state index contributed by atoms with van der Waals surface area (Å²) >= 11 is 0. The summed E-state index contributed by atoms with van der Waals surface area (Å²) in [4.78, 5) is 11.9. The zero-order valence-electron chi connectivity index (χ0n) is 13.8. The molecule has 0 radical (unpaired) electrons. The van der Waals surface area contributed by atoms with Gasteiger partial charge in [0.05, 0.1) is 25.0 Å². The highest BCUT2D eigenvalue weighted by atomic mass is 16.5. The van der Waals surface area contributed by atoms with Gasteiger partial charge in [-0.25, -0.2) is 0 Å². The third-order valence-corrected chi connectivity index (χ3v) is 3.27. The first-order valence-corrected chi connectivity index (χ1v) is 7.79. The summed E-state index contributed by atoms with van der Waals surface area (Å²) in [6.45, 7) is 5.61. The third kappa shape index (κ3) is 4.74. The maximum absolute atomic E-state index is 11.9. The maximum Gasteiger partial charge on any atom is 0.254 e. The van der Waals surface area contributed by atoms with Crippen molar-refractivity contribution in [2.45, 2.75) is 20.3 Å². The molecule has 1 amide bonds. The molecule has 0 aliphatic carbocycles. The first-order valence-electron chi connectivity index (χ1n) is 7.79. The van der Waals surface area contributed by atoms with Gasteiger partial charge in [0.15, 0.2) is 11.5 Å². The van der Waals surface area contributed by atoms with E-state index in [1.54, 1.807) is 24.1 Å². The summed E-state index contributed by atoms with van der Waals surface area (Å²) in [6.07, 6.45) is 3.97. The van der Waals surface area contributed by atoms with Crippen molar-refractivity contribution in [2.75, 3.05) is 19.8 Å². The second-order valence-electron chi connectivity index (χ2n) is 5.06. The summed E-state index contributed by atoms with van der Waals surface area (Å²) in [5, 5.41) is 6.88. The fraction of sp³-hybridized carbons (Fsp3) is 0.412. The lowest BCUT2D eigenvalue weighted by Crippen LogP contribution is -2.25. The summed E-state index contributed by atoms with van der Waals surface area (Å²) in [7, 11) is 1.78. The highest BCUT2D eigenvalue weighted by molar-refractivity contribution is 5.93. The standard InChI is InChI=1S/C17H23N3O3/c1-4-22-15-7-6-13(10-16(15)23-5-2)8-9-18-17(21)14-11-19-20(3)12-14/h6-7,10-12H,4-5,8-9H2,1-3H3,(H,18,21). The SMILES string of the molecule is CCOc1ccc(CCNC(=O)c2cnn(C)c2)cc1OCC. The smallest absolute Gasteiger partial charge is 0.254 e. The van der Waals surface area contributed by atoms with Gasteiger partial charge in [0.1, 0.15) is 0 Å². The van der Waals surface area contributed by atoms with Crippen LogP contribution < -0.4 is 14.8 Å². The van der Waals surface area contributed by atoms with E-state index in [1.165, 1.54) is 0 Å². The zero-order chi connectivity index (χ0) is 16.7. The Bertz CT molecular complexity index is 652. The summed E-state index contributed by atoms with van der Waals surface area (Å²) < 4.78 is 12.8. The van der Waals surface area contributed by atoms with E-state index in [0.29, 0.717) is 25.3 Å². The van der Waals surface area contributed by atoms with Crippen LogP contribution >= 0.6 is 0 Å². The molecule has 2 aromatic rings. The van der Waals surface area contributed by atoms with E-state index < -0.39 is 0 Å². The number of carbonyl (C=O) groups is 1. The molecule has 6 nitrogen and oxygen atoms in total. The van der Waals surface area contributed by atoms with Gasteiger partial charge in [-0.2, -0.15) is 5.10 Å². The third-order valence-electron chi connectivity index (χ3n) is 3.27. The van der Waals surface area contributed by atoms with Gasteiger partial charge in [-0.05, 0) is 38.0 Å². The van der Waals surface area contributed by atoms with Gasteiger partial charge in [-0.1, -0.05) is 6.07 Å². The molecule has 0 spiro atoms. The Hall–Kier alpha value is -2.50. The average molecular weight is 317 g/mol. The first kappa shape index (κ1) is 16.9. The number of hydrogen-bond acceptors (Lipinski definition) is 4. The van der Waals surface area contributed by atoms with E-state index in [4.69, 9.17) is 9.47 Å². The molecule has 6 heteroatoms. The van der Waals surface area contributed by atoms with Gasteiger partial charge < -0.3 is 14.8 Å². The number of hydrogen-bond donors (Lipinski definition) is 1. The van der Waals surface area contributed by atoms with Crippen LogP contribution in [0.4, 0.5) is 0 Å². The normalized spacial score (nSPS) is 10.4. The molecule has 1 heterocycles. The van der Waals surface area contributed by atoms with Crippen molar-refractivity contribution in [2.24, 2.45) is 7.05 Å². The molecule has 23 heavy (non-hydrogen) atoms. The number of nitrogens with zero attached hydrogens (tertiary/aromatic N) is 2. The Morgan fingerprint density at radius 3 is 2.61 bits per heavy atom. The highest BCUT2D eigenvalue weighted by Gasteiger charge is 2.09. The predicted octanol–water partition coefficient (Wildman–Crippen LogP) is 2.19. The van der Waals surface area contributed by atoms with E-state index >= 15 is 0 Å². The van der Waals surface area contributed by atoms with Gasteiger partial charge in [0.2, 0.25) is 0 Å².